The van der Waals surface area contributed by atoms with E-state index in [4.69, 9.17) is 4.74 Å². The van der Waals surface area contributed by atoms with Crippen LogP contribution in [-0.2, 0) is 6.61 Å². The summed E-state index contributed by atoms with van der Waals surface area (Å²) in [6.45, 7) is 5.16. The first kappa shape index (κ1) is 18.9. The summed E-state index contributed by atoms with van der Waals surface area (Å²) >= 11 is 2.09. The molecule has 0 amide bonds. The molecule has 2 heterocycles. The highest BCUT2D eigenvalue weighted by Crippen LogP contribution is 2.34. The Kier molecular flexibility index (Phi) is 6.41. The van der Waals surface area contributed by atoms with E-state index in [9.17, 15) is 0 Å². The number of hydrogen-bond donors (Lipinski definition) is 1. The first-order valence-electron chi connectivity index (χ1n) is 10.4. The molecule has 0 spiro atoms. The zero-order chi connectivity index (χ0) is 18.5. The maximum absolute atomic E-state index is 6.09. The van der Waals surface area contributed by atoms with Gasteiger partial charge in [0.25, 0.3) is 0 Å². The first-order valence-corrected chi connectivity index (χ1v) is 11.6. The predicted octanol–water partition coefficient (Wildman–Crippen LogP) is 5.65. The minimum Gasteiger partial charge on any atom is -0.489 e. The van der Waals surface area contributed by atoms with Gasteiger partial charge in [-0.3, -0.25) is 0 Å². The maximum Gasteiger partial charge on any atom is 0.120 e. The molecule has 2 saturated heterocycles. The standard InChI is InChI=1S/C24H31NOS/c1-18-16-23(6-7-24(18)22-10-14-27-15-11-22)26-17-19-2-4-20(5-3-19)21-8-12-25-13-9-21/h2-7,16,21-22,25H,8-15,17H2,1H3. The summed E-state index contributed by atoms with van der Waals surface area (Å²) in [5, 5.41) is 3.44. The van der Waals surface area contributed by atoms with Gasteiger partial charge in [-0.25, -0.2) is 0 Å². The maximum atomic E-state index is 6.09. The van der Waals surface area contributed by atoms with Crippen LogP contribution >= 0.6 is 11.8 Å². The molecule has 2 aromatic carbocycles. The SMILES string of the molecule is Cc1cc(OCc2ccc(C3CCNCC3)cc2)ccc1C1CCSCC1. The number of hydrogen-bond acceptors (Lipinski definition) is 3. The Labute approximate surface area is 168 Å². The van der Waals surface area contributed by atoms with Crippen molar-refractivity contribution >= 4 is 11.8 Å². The lowest BCUT2D eigenvalue weighted by atomic mass is 9.90. The summed E-state index contributed by atoms with van der Waals surface area (Å²) in [5.74, 6) is 5.05. The van der Waals surface area contributed by atoms with Crippen LogP contribution in [0.15, 0.2) is 42.5 Å². The Balaban J connectivity index is 1.34. The Morgan fingerprint density at radius 3 is 2.37 bits per heavy atom. The van der Waals surface area contributed by atoms with Gasteiger partial charge in [0, 0.05) is 0 Å². The highest BCUT2D eigenvalue weighted by atomic mass is 32.2. The normalized spacial score (nSPS) is 19.1. The molecule has 2 aliphatic heterocycles. The molecule has 3 heteroatoms. The number of ether oxygens (including phenoxy) is 1. The second-order valence-corrected chi connectivity index (χ2v) is 9.18. The van der Waals surface area contributed by atoms with Crippen LogP contribution in [0.5, 0.6) is 5.75 Å². The predicted molar refractivity (Wildman–Crippen MR) is 116 cm³/mol. The summed E-state index contributed by atoms with van der Waals surface area (Å²) in [6, 6.07) is 15.7. The van der Waals surface area contributed by atoms with Crippen LogP contribution in [0.2, 0.25) is 0 Å². The van der Waals surface area contributed by atoms with Crippen LogP contribution in [0, 0.1) is 6.92 Å². The van der Waals surface area contributed by atoms with Crippen LogP contribution in [0.3, 0.4) is 0 Å². The number of aryl methyl sites for hydroxylation is 1. The number of nitrogens with one attached hydrogen (secondary N) is 1. The fraction of sp³-hybridized carbons (Fsp3) is 0.500. The smallest absolute Gasteiger partial charge is 0.120 e. The average molecular weight is 382 g/mol. The van der Waals surface area contributed by atoms with E-state index in [-0.39, 0.29) is 0 Å². The van der Waals surface area contributed by atoms with Crippen LogP contribution in [-0.4, -0.2) is 24.6 Å². The van der Waals surface area contributed by atoms with E-state index in [1.807, 2.05) is 0 Å². The van der Waals surface area contributed by atoms with Crippen molar-refractivity contribution in [2.24, 2.45) is 0 Å². The lowest BCUT2D eigenvalue weighted by molar-refractivity contribution is 0.306. The molecule has 2 aliphatic rings. The number of piperidine rings is 1. The summed E-state index contributed by atoms with van der Waals surface area (Å²) in [4.78, 5) is 0. The molecule has 27 heavy (non-hydrogen) atoms. The topological polar surface area (TPSA) is 21.3 Å². The third-order valence-electron chi connectivity index (χ3n) is 6.10. The van der Waals surface area contributed by atoms with Crippen molar-refractivity contribution in [2.45, 2.75) is 51.0 Å². The van der Waals surface area contributed by atoms with E-state index in [1.54, 1.807) is 0 Å². The second kappa shape index (κ2) is 9.16. The lowest BCUT2D eigenvalue weighted by Gasteiger charge is -2.24. The van der Waals surface area contributed by atoms with Gasteiger partial charge in [0.2, 0.25) is 0 Å². The molecule has 0 bridgehead atoms. The third-order valence-corrected chi connectivity index (χ3v) is 7.15. The van der Waals surface area contributed by atoms with Crippen LogP contribution in [0.1, 0.15) is 59.8 Å². The highest BCUT2D eigenvalue weighted by Gasteiger charge is 2.18. The summed E-state index contributed by atoms with van der Waals surface area (Å²) in [5.41, 5.74) is 5.63. The van der Waals surface area contributed by atoms with E-state index < -0.39 is 0 Å². The molecule has 1 N–H and O–H groups in total. The molecule has 4 rings (SSSR count). The van der Waals surface area contributed by atoms with Gasteiger partial charge >= 0.3 is 0 Å². The van der Waals surface area contributed by atoms with E-state index >= 15 is 0 Å². The molecule has 2 nitrogen and oxygen atoms in total. The molecular weight excluding hydrogens is 350 g/mol. The van der Waals surface area contributed by atoms with Crippen molar-refractivity contribution in [3.8, 4) is 5.75 Å². The monoisotopic (exact) mass is 381 g/mol. The number of benzene rings is 2. The van der Waals surface area contributed by atoms with Crippen molar-refractivity contribution in [1.82, 2.24) is 5.32 Å². The first-order chi connectivity index (χ1) is 13.3. The molecule has 0 aliphatic carbocycles. The molecule has 0 atom stereocenters. The fourth-order valence-electron chi connectivity index (χ4n) is 4.41. The molecule has 2 aromatic rings. The van der Waals surface area contributed by atoms with Crippen molar-refractivity contribution in [3.63, 3.8) is 0 Å². The molecule has 0 aromatic heterocycles. The van der Waals surface area contributed by atoms with Crippen molar-refractivity contribution in [3.05, 3.63) is 64.7 Å². The van der Waals surface area contributed by atoms with Crippen LogP contribution in [0.25, 0.3) is 0 Å². The largest absolute Gasteiger partial charge is 0.489 e. The summed E-state index contributed by atoms with van der Waals surface area (Å²) in [7, 11) is 0. The Hall–Kier alpha value is -1.45. The van der Waals surface area contributed by atoms with E-state index in [2.05, 4.69) is 66.5 Å². The van der Waals surface area contributed by atoms with Gasteiger partial charge in [0.05, 0.1) is 0 Å². The van der Waals surface area contributed by atoms with Gasteiger partial charge in [0.1, 0.15) is 12.4 Å². The minimum absolute atomic E-state index is 0.644. The van der Waals surface area contributed by atoms with Crippen molar-refractivity contribution < 1.29 is 4.74 Å². The summed E-state index contributed by atoms with van der Waals surface area (Å²) < 4.78 is 6.09. The van der Waals surface area contributed by atoms with Gasteiger partial charge in [-0.1, -0.05) is 30.3 Å². The minimum atomic E-state index is 0.644. The van der Waals surface area contributed by atoms with E-state index in [1.165, 1.54) is 59.4 Å². The molecule has 2 fully saturated rings. The van der Waals surface area contributed by atoms with Crippen molar-refractivity contribution in [2.75, 3.05) is 24.6 Å². The van der Waals surface area contributed by atoms with Gasteiger partial charge in [0.15, 0.2) is 0 Å². The van der Waals surface area contributed by atoms with E-state index in [0.29, 0.717) is 6.61 Å². The Morgan fingerprint density at radius 2 is 1.67 bits per heavy atom. The van der Waals surface area contributed by atoms with Gasteiger partial charge in [-0.2, -0.15) is 11.8 Å². The fourth-order valence-corrected chi connectivity index (χ4v) is 5.52. The third kappa shape index (κ3) is 4.89. The number of thioether (sulfide) groups is 1. The Bertz CT molecular complexity index is 731. The Morgan fingerprint density at radius 1 is 0.926 bits per heavy atom. The second-order valence-electron chi connectivity index (χ2n) is 7.96. The molecule has 144 valence electrons. The van der Waals surface area contributed by atoms with Crippen LogP contribution in [0.4, 0.5) is 0 Å². The van der Waals surface area contributed by atoms with Gasteiger partial charge in [-0.05, 0) is 103 Å². The summed E-state index contributed by atoms with van der Waals surface area (Å²) in [6.07, 6.45) is 5.13. The lowest BCUT2D eigenvalue weighted by Crippen LogP contribution is -2.26. The van der Waals surface area contributed by atoms with Gasteiger partial charge in [-0.15, -0.1) is 0 Å². The number of rotatable bonds is 5. The van der Waals surface area contributed by atoms with Crippen molar-refractivity contribution in [1.29, 1.82) is 0 Å². The van der Waals surface area contributed by atoms with Crippen LogP contribution < -0.4 is 10.1 Å². The average Bonchev–Trinajstić information content (AvgIpc) is 2.74. The highest BCUT2D eigenvalue weighted by molar-refractivity contribution is 7.99. The molecule has 0 radical (unpaired) electrons. The quantitative estimate of drug-likeness (QED) is 0.723. The zero-order valence-corrected chi connectivity index (χ0v) is 17.2. The molecule has 0 unspecified atom stereocenters. The van der Waals surface area contributed by atoms with E-state index in [0.717, 1.165) is 30.7 Å². The molecular formula is C24H31NOS. The molecule has 0 saturated carbocycles. The zero-order valence-electron chi connectivity index (χ0n) is 16.4. The van der Waals surface area contributed by atoms with Gasteiger partial charge < -0.3 is 10.1 Å².